The van der Waals surface area contributed by atoms with Crippen molar-refractivity contribution in [3.05, 3.63) is 60.3 Å². The average Bonchev–Trinajstić information content (AvgIpc) is 2.83. The van der Waals surface area contributed by atoms with E-state index in [9.17, 15) is 0 Å². The van der Waals surface area contributed by atoms with E-state index < -0.39 is 0 Å². The maximum atomic E-state index is 5.59. The van der Waals surface area contributed by atoms with Gasteiger partial charge in [0.25, 0.3) is 0 Å². The normalized spacial score (nSPS) is 10.9. The van der Waals surface area contributed by atoms with E-state index in [-0.39, 0.29) is 0 Å². The van der Waals surface area contributed by atoms with Gasteiger partial charge in [-0.15, -0.1) is 0 Å². The van der Waals surface area contributed by atoms with Gasteiger partial charge in [0.05, 0.1) is 17.4 Å². The lowest BCUT2D eigenvalue weighted by atomic mass is 10.2. The Bertz CT molecular complexity index is 638. The average molecular weight is 223 g/mol. The first-order valence-corrected chi connectivity index (χ1v) is 5.60. The fraction of sp³-hybridized carbons (Fsp3) is 0.0714. The molecule has 3 rings (SSSR count). The minimum Gasteiger partial charge on any atom is -0.326 e. The molecular weight excluding hydrogens is 210 g/mol. The Kier molecular flexibility index (Phi) is 2.38. The lowest BCUT2D eigenvalue weighted by Crippen LogP contribution is -1.99. The molecule has 0 fully saturated rings. The van der Waals surface area contributed by atoms with E-state index in [0.29, 0.717) is 6.54 Å². The van der Waals surface area contributed by atoms with Crippen LogP contribution >= 0.6 is 0 Å². The van der Waals surface area contributed by atoms with Crippen molar-refractivity contribution in [2.45, 2.75) is 6.54 Å². The summed E-state index contributed by atoms with van der Waals surface area (Å²) in [5, 5.41) is 5.55. The van der Waals surface area contributed by atoms with Gasteiger partial charge in [0.2, 0.25) is 0 Å². The molecule has 1 heterocycles. The summed E-state index contributed by atoms with van der Waals surface area (Å²) in [5.41, 5.74) is 8.89. The molecule has 0 saturated heterocycles. The highest BCUT2D eigenvalue weighted by molar-refractivity contribution is 5.80. The molecule has 3 aromatic rings. The van der Waals surface area contributed by atoms with Gasteiger partial charge in [-0.25, -0.2) is 4.68 Å². The standard InChI is InChI=1S/C14H13N3/c15-9-11-5-7-13(8-6-11)17-14-4-2-1-3-12(14)10-16-17/h1-8,10H,9,15H2. The molecule has 2 aromatic carbocycles. The highest BCUT2D eigenvalue weighted by Gasteiger charge is 2.03. The molecule has 0 aliphatic rings. The Morgan fingerprint density at radius 2 is 1.76 bits per heavy atom. The molecule has 0 aliphatic heterocycles. The number of benzene rings is 2. The third-order valence-electron chi connectivity index (χ3n) is 2.89. The summed E-state index contributed by atoms with van der Waals surface area (Å²) < 4.78 is 1.94. The molecule has 0 spiro atoms. The summed E-state index contributed by atoms with van der Waals surface area (Å²) >= 11 is 0. The summed E-state index contributed by atoms with van der Waals surface area (Å²) in [4.78, 5) is 0. The Morgan fingerprint density at radius 1 is 1.00 bits per heavy atom. The number of aromatic nitrogens is 2. The molecule has 2 N–H and O–H groups in total. The Balaban J connectivity index is 2.13. The fourth-order valence-corrected chi connectivity index (χ4v) is 1.95. The van der Waals surface area contributed by atoms with Crippen LogP contribution in [0.25, 0.3) is 16.6 Å². The lowest BCUT2D eigenvalue weighted by molar-refractivity contribution is 0.908. The smallest absolute Gasteiger partial charge is 0.0741 e. The first-order valence-electron chi connectivity index (χ1n) is 5.60. The molecule has 3 nitrogen and oxygen atoms in total. The van der Waals surface area contributed by atoms with Crippen LogP contribution in [0.5, 0.6) is 0 Å². The van der Waals surface area contributed by atoms with Gasteiger partial charge in [-0.05, 0) is 23.8 Å². The molecule has 1 aromatic heterocycles. The second kappa shape index (κ2) is 4.03. The van der Waals surface area contributed by atoms with E-state index in [4.69, 9.17) is 5.73 Å². The van der Waals surface area contributed by atoms with Crippen molar-refractivity contribution in [1.29, 1.82) is 0 Å². The largest absolute Gasteiger partial charge is 0.326 e. The van der Waals surface area contributed by atoms with Gasteiger partial charge < -0.3 is 5.73 Å². The predicted molar refractivity (Wildman–Crippen MR) is 69.0 cm³/mol. The molecule has 0 amide bonds. The SMILES string of the molecule is NCc1ccc(-n2ncc3ccccc32)cc1. The van der Waals surface area contributed by atoms with Crippen molar-refractivity contribution in [2.75, 3.05) is 0 Å². The van der Waals surface area contributed by atoms with Gasteiger partial charge >= 0.3 is 0 Å². The zero-order chi connectivity index (χ0) is 11.7. The first-order chi connectivity index (χ1) is 8.38. The number of hydrogen-bond donors (Lipinski definition) is 1. The third-order valence-corrected chi connectivity index (χ3v) is 2.89. The van der Waals surface area contributed by atoms with Crippen LogP contribution in [0.15, 0.2) is 54.7 Å². The molecule has 0 saturated carbocycles. The zero-order valence-electron chi connectivity index (χ0n) is 9.38. The second-order valence-electron chi connectivity index (χ2n) is 3.99. The van der Waals surface area contributed by atoms with Crippen LogP contribution in [-0.4, -0.2) is 9.78 Å². The van der Waals surface area contributed by atoms with Crippen LogP contribution in [0, 0.1) is 0 Å². The van der Waals surface area contributed by atoms with Crippen LogP contribution in [0.4, 0.5) is 0 Å². The van der Waals surface area contributed by atoms with E-state index in [2.05, 4.69) is 17.2 Å². The summed E-state index contributed by atoms with van der Waals surface area (Å²) in [5.74, 6) is 0. The van der Waals surface area contributed by atoms with Crippen molar-refractivity contribution in [2.24, 2.45) is 5.73 Å². The van der Waals surface area contributed by atoms with Gasteiger partial charge in [-0.1, -0.05) is 30.3 Å². The Hall–Kier alpha value is -2.13. The minimum absolute atomic E-state index is 0.570. The summed E-state index contributed by atoms with van der Waals surface area (Å²) in [6.45, 7) is 0.570. The molecule has 17 heavy (non-hydrogen) atoms. The van der Waals surface area contributed by atoms with Crippen LogP contribution in [0.1, 0.15) is 5.56 Å². The molecular formula is C14H13N3. The van der Waals surface area contributed by atoms with E-state index >= 15 is 0 Å². The van der Waals surface area contributed by atoms with Crippen LogP contribution < -0.4 is 5.73 Å². The van der Waals surface area contributed by atoms with Crippen LogP contribution in [-0.2, 0) is 6.54 Å². The van der Waals surface area contributed by atoms with E-state index in [1.165, 1.54) is 0 Å². The van der Waals surface area contributed by atoms with E-state index in [1.807, 2.05) is 47.3 Å². The Labute approximate surface area is 99.5 Å². The minimum atomic E-state index is 0.570. The number of rotatable bonds is 2. The van der Waals surface area contributed by atoms with E-state index in [1.54, 1.807) is 0 Å². The topological polar surface area (TPSA) is 43.8 Å². The van der Waals surface area contributed by atoms with Crippen LogP contribution in [0.3, 0.4) is 0 Å². The monoisotopic (exact) mass is 223 g/mol. The molecule has 0 unspecified atom stereocenters. The summed E-state index contributed by atoms with van der Waals surface area (Å²) in [7, 11) is 0. The Morgan fingerprint density at radius 3 is 2.53 bits per heavy atom. The first kappa shape index (κ1) is 10.1. The van der Waals surface area contributed by atoms with Crippen molar-refractivity contribution in [3.8, 4) is 5.69 Å². The third kappa shape index (κ3) is 1.70. The number of fused-ring (bicyclic) bond motifs is 1. The number of hydrogen-bond acceptors (Lipinski definition) is 2. The summed E-state index contributed by atoms with van der Waals surface area (Å²) in [6, 6.07) is 16.3. The van der Waals surface area contributed by atoms with Crippen molar-refractivity contribution >= 4 is 10.9 Å². The molecule has 0 atom stereocenters. The van der Waals surface area contributed by atoms with Gasteiger partial charge in [-0.2, -0.15) is 5.10 Å². The number of para-hydroxylation sites is 1. The number of nitrogens with two attached hydrogens (primary N) is 1. The molecule has 0 radical (unpaired) electrons. The van der Waals surface area contributed by atoms with Crippen molar-refractivity contribution in [1.82, 2.24) is 9.78 Å². The summed E-state index contributed by atoms with van der Waals surface area (Å²) in [6.07, 6.45) is 1.88. The molecule has 0 aliphatic carbocycles. The number of nitrogens with zero attached hydrogens (tertiary/aromatic N) is 2. The molecule has 3 heteroatoms. The zero-order valence-corrected chi connectivity index (χ0v) is 9.38. The lowest BCUT2D eigenvalue weighted by Gasteiger charge is -2.04. The van der Waals surface area contributed by atoms with Crippen molar-refractivity contribution in [3.63, 3.8) is 0 Å². The quantitative estimate of drug-likeness (QED) is 0.725. The van der Waals surface area contributed by atoms with Gasteiger partial charge in [0.15, 0.2) is 0 Å². The molecule has 0 bridgehead atoms. The maximum Gasteiger partial charge on any atom is 0.0741 e. The van der Waals surface area contributed by atoms with Gasteiger partial charge in [0.1, 0.15) is 0 Å². The second-order valence-corrected chi connectivity index (χ2v) is 3.99. The van der Waals surface area contributed by atoms with Crippen molar-refractivity contribution < 1.29 is 0 Å². The highest BCUT2D eigenvalue weighted by Crippen LogP contribution is 2.18. The van der Waals surface area contributed by atoms with Crippen LogP contribution in [0.2, 0.25) is 0 Å². The van der Waals surface area contributed by atoms with E-state index in [0.717, 1.165) is 22.2 Å². The van der Waals surface area contributed by atoms with Gasteiger partial charge in [-0.3, -0.25) is 0 Å². The highest BCUT2D eigenvalue weighted by atomic mass is 15.3. The van der Waals surface area contributed by atoms with Gasteiger partial charge in [0, 0.05) is 11.9 Å². The maximum absolute atomic E-state index is 5.59. The molecule has 84 valence electrons. The fourth-order valence-electron chi connectivity index (χ4n) is 1.95. The predicted octanol–water partition coefficient (Wildman–Crippen LogP) is 2.48.